The number of furan rings is 1. The number of hydrogen-bond acceptors (Lipinski definition) is 6. The van der Waals surface area contributed by atoms with Gasteiger partial charge in [0.15, 0.2) is 5.76 Å². The summed E-state index contributed by atoms with van der Waals surface area (Å²) in [7, 11) is 0. The number of carbonyl (C=O) groups excluding carboxylic acids is 1. The molecule has 31 heavy (non-hydrogen) atoms. The topological polar surface area (TPSA) is 107 Å². The van der Waals surface area contributed by atoms with Gasteiger partial charge >= 0.3 is 5.91 Å². The lowest BCUT2D eigenvalue weighted by molar-refractivity contribution is -0.384. The van der Waals surface area contributed by atoms with Crippen molar-refractivity contribution in [2.45, 2.75) is 6.61 Å². The molecule has 1 heterocycles. The number of amides is 1. The number of non-ortho nitro benzene ring substituents is 1. The molecule has 154 valence electrons. The Labute approximate surface area is 176 Å². The first-order valence-electron chi connectivity index (χ1n) is 9.37. The van der Waals surface area contributed by atoms with Gasteiger partial charge in [0.1, 0.15) is 17.9 Å². The van der Waals surface area contributed by atoms with Crippen molar-refractivity contribution in [3.05, 3.63) is 106 Å². The zero-order valence-corrected chi connectivity index (χ0v) is 16.2. The largest absolute Gasteiger partial charge is 0.489 e. The number of nitrogens with one attached hydrogen (secondary N) is 1. The van der Waals surface area contributed by atoms with E-state index in [0.29, 0.717) is 17.9 Å². The number of hydrogen-bond donors (Lipinski definition) is 1. The normalized spacial score (nSPS) is 11.0. The summed E-state index contributed by atoms with van der Waals surface area (Å²) in [6.07, 6.45) is 1.51. The third-order valence-corrected chi connectivity index (χ3v) is 4.46. The Morgan fingerprint density at radius 1 is 1.06 bits per heavy atom. The van der Waals surface area contributed by atoms with Crippen LogP contribution in [0.5, 0.6) is 5.75 Å². The minimum absolute atomic E-state index is 0.0415. The van der Waals surface area contributed by atoms with Crippen LogP contribution in [0, 0.1) is 10.1 Å². The van der Waals surface area contributed by atoms with Crippen LogP contribution < -0.4 is 10.2 Å². The molecular formula is C23H17N3O5. The van der Waals surface area contributed by atoms with Crippen LogP contribution in [0.2, 0.25) is 0 Å². The zero-order chi connectivity index (χ0) is 21.6. The number of nitro groups is 1. The van der Waals surface area contributed by atoms with Crippen molar-refractivity contribution in [2.24, 2.45) is 5.10 Å². The van der Waals surface area contributed by atoms with Gasteiger partial charge in [-0.15, -0.1) is 0 Å². The highest BCUT2D eigenvalue weighted by atomic mass is 16.6. The van der Waals surface area contributed by atoms with Crippen LogP contribution in [0.15, 0.2) is 88.4 Å². The van der Waals surface area contributed by atoms with Crippen molar-refractivity contribution >= 4 is 28.8 Å². The summed E-state index contributed by atoms with van der Waals surface area (Å²) in [5, 5.41) is 15.5. The molecule has 0 aliphatic heterocycles. The van der Waals surface area contributed by atoms with Crippen LogP contribution in [-0.4, -0.2) is 17.0 Å². The third kappa shape index (κ3) is 4.94. The van der Waals surface area contributed by atoms with E-state index < -0.39 is 10.8 Å². The highest BCUT2D eigenvalue weighted by Crippen LogP contribution is 2.19. The number of fused-ring (bicyclic) bond motifs is 1. The quantitative estimate of drug-likeness (QED) is 0.268. The van der Waals surface area contributed by atoms with Gasteiger partial charge in [0.05, 0.1) is 11.1 Å². The molecule has 0 radical (unpaired) electrons. The molecule has 0 saturated heterocycles. The van der Waals surface area contributed by atoms with E-state index in [1.54, 1.807) is 48.5 Å². The average molecular weight is 415 g/mol. The Morgan fingerprint density at radius 2 is 1.81 bits per heavy atom. The van der Waals surface area contributed by atoms with Crippen LogP contribution in [0.3, 0.4) is 0 Å². The molecule has 4 rings (SSSR count). The van der Waals surface area contributed by atoms with Crippen LogP contribution in [0.25, 0.3) is 11.0 Å². The molecule has 0 aliphatic carbocycles. The number of carbonyl (C=O) groups is 1. The van der Waals surface area contributed by atoms with E-state index >= 15 is 0 Å². The molecule has 0 atom stereocenters. The van der Waals surface area contributed by atoms with E-state index in [9.17, 15) is 14.9 Å². The Balaban J connectivity index is 1.30. The Bertz CT molecular complexity index is 1210. The van der Waals surface area contributed by atoms with E-state index in [1.807, 2.05) is 18.2 Å². The van der Waals surface area contributed by atoms with Gasteiger partial charge in [0, 0.05) is 17.5 Å². The first-order valence-corrected chi connectivity index (χ1v) is 9.37. The predicted molar refractivity (Wildman–Crippen MR) is 115 cm³/mol. The highest BCUT2D eigenvalue weighted by molar-refractivity contribution is 5.96. The van der Waals surface area contributed by atoms with E-state index in [4.69, 9.17) is 9.15 Å². The second-order valence-electron chi connectivity index (χ2n) is 6.63. The zero-order valence-electron chi connectivity index (χ0n) is 16.2. The van der Waals surface area contributed by atoms with Gasteiger partial charge in [-0.25, -0.2) is 5.43 Å². The molecule has 0 bridgehead atoms. The van der Waals surface area contributed by atoms with Gasteiger partial charge in [-0.2, -0.15) is 5.10 Å². The third-order valence-electron chi connectivity index (χ3n) is 4.46. The molecule has 4 aromatic rings. The number of rotatable bonds is 7. The minimum Gasteiger partial charge on any atom is -0.489 e. The van der Waals surface area contributed by atoms with E-state index in [0.717, 1.165) is 16.5 Å². The first kappa shape index (κ1) is 19.8. The maximum atomic E-state index is 12.2. The summed E-state index contributed by atoms with van der Waals surface area (Å²) in [5.74, 6) is 0.394. The fraction of sp³-hybridized carbons (Fsp3) is 0.0435. The molecular weight excluding hydrogens is 398 g/mol. The first-order chi connectivity index (χ1) is 15.1. The number of nitrogens with zero attached hydrogens (tertiary/aromatic N) is 2. The van der Waals surface area contributed by atoms with Gasteiger partial charge in [-0.1, -0.05) is 18.2 Å². The maximum absolute atomic E-state index is 12.2. The fourth-order valence-corrected chi connectivity index (χ4v) is 2.84. The highest BCUT2D eigenvalue weighted by Gasteiger charge is 2.10. The average Bonchev–Trinajstić information content (AvgIpc) is 3.23. The smallest absolute Gasteiger partial charge is 0.307 e. The second kappa shape index (κ2) is 8.91. The molecule has 0 fully saturated rings. The monoisotopic (exact) mass is 415 g/mol. The van der Waals surface area contributed by atoms with Gasteiger partial charge < -0.3 is 9.15 Å². The van der Waals surface area contributed by atoms with Crippen molar-refractivity contribution in [3.8, 4) is 5.75 Å². The predicted octanol–water partition coefficient (Wildman–Crippen LogP) is 4.68. The van der Waals surface area contributed by atoms with Crippen molar-refractivity contribution in [3.63, 3.8) is 0 Å². The van der Waals surface area contributed by atoms with Crippen molar-refractivity contribution in [1.82, 2.24) is 5.43 Å². The summed E-state index contributed by atoms with van der Waals surface area (Å²) >= 11 is 0. The molecule has 0 unspecified atom stereocenters. The molecule has 0 spiro atoms. The summed E-state index contributed by atoms with van der Waals surface area (Å²) < 4.78 is 11.2. The van der Waals surface area contributed by atoms with Crippen molar-refractivity contribution in [2.75, 3.05) is 0 Å². The summed E-state index contributed by atoms with van der Waals surface area (Å²) in [6, 6.07) is 22.4. The molecule has 8 nitrogen and oxygen atoms in total. The van der Waals surface area contributed by atoms with Gasteiger partial charge in [-0.05, 0) is 59.7 Å². The summed E-state index contributed by atoms with van der Waals surface area (Å²) in [4.78, 5) is 22.4. The molecule has 3 aromatic carbocycles. The molecule has 1 N–H and O–H groups in total. The lowest BCUT2D eigenvalue weighted by atomic mass is 10.2. The second-order valence-corrected chi connectivity index (χ2v) is 6.63. The van der Waals surface area contributed by atoms with Crippen LogP contribution in [-0.2, 0) is 6.61 Å². The fourth-order valence-electron chi connectivity index (χ4n) is 2.84. The Kier molecular flexibility index (Phi) is 5.70. The van der Waals surface area contributed by atoms with Gasteiger partial charge in [0.25, 0.3) is 5.69 Å². The summed E-state index contributed by atoms with van der Waals surface area (Å²) in [5.41, 5.74) is 4.72. The van der Waals surface area contributed by atoms with Crippen molar-refractivity contribution in [1.29, 1.82) is 0 Å². The van der Waals surface area contributed by atoms with Crippen LogP contribution in [0.4, 0.5) is 5.69 Å². The molecule has 8 heteroatoms. The van der Waals surface area contributed by atoms with Crippen LogP contribution >= 0.6 is 0 Å². The number of ether oxygens (including phenoxy) is 1. The lowest BCUT2D eigenvalue weighted by Gasteiger charge is -2.06. The number of hydrazone groups is 1. The maximum Gasteiger partial charge on any atom is 0.307 e. The molecule has 1 aromatic heterocycles. The Hall–Kier alpha value is -4.46. The molecule has 0 aliphatic rings. The standard InChI is InChI=1S/C23H17N3O5/c27-23(22-13-18-3-1-2-4-21(18)31-22)25-24-14-16-7-11-20(12-8-16)30-15-17-5-9-19(10-6-17)26(28)29/h1-14H,15H2,(H,25,27)/b24-14+. The number of benzene rings is 3. The minimum atomic E-state index is -0.440. The lowest BCUT2D eigenvalue weighted by Crippen LogP contribution is -2.16. The van der Waals surface area contributed by atoms with E-state index in [-0.39, 0.29) is 11.4 Å². The number of nitro benzene ring substituents is 1. The molecule has 0 saturated carbocycles. The summed E-state index contributed by atoms with van der Waals surface area (Å²) in [6.45, 7) is 0.291. The number of para-hydroxylation sites is 1. The van der Waals surface area contributed by atoms with Crippen LogP contribution in [0.1, 0.15) is 21.7 Å². The Morgan fingerprint density at radius 3 is 2.52 bits per heavy atom. The van der Waals surface area contributed by atoms with Crippen molar-refractivity contribution < 1.29 is 18.9 Å². The molecule has 1 amide bonds. The SMILES string of the molecule is O=C(N/N=C/c1ccc(OCc2ccc([N+](=O)[O-])cc2)cc1)c1cc2ccccc2o1. The van der Waals surface area contributed by atoms with E-state index in [2.05, 4.69) is 10.5 Å². The van der Waals surface area contributed by atoms with Gasteiger partial charge in [0.2, 0.25) is 0 Å². The van der Waals surface area contributed by atoms with Gasteiger partial charge in [-0.3, -0.25) is 14.9 Å². The van der Waals surface area contributed by atoms with E-state index in [1.165, 1.54) is 18.3 Å².